The van der Waals surface area contributed by atoms with Gasteiger partial charge in [-0.1, -0.05) is 0 Å². The van der Waals surface area contributed by atoms with Crippen molar-refractivity contribution in [3.8, 4) is 0 Å². The molecule has 72 valence electrons. The lowest BCUT2D eigenvalue weighted by atomic mass is 10.1. The van der Waals surface area contributed by atoms with Crippen LogP contribution in [0.5, 0.6) is 0 Å². The molecule has 0 unspecified atom stereocenters. The summed E-state index contributed by atoms with van der Waals surface area (Å²) < 4.78 is 27.3. The highest BCUT2D eigenvalue weighted by atomic mass is 32.2. The van der Waals surface area contributed by atoms with Crippen LogP contribution >= 0.6 is 12.2 Å². The van der Waals surface area contributed by atoms with Gasteiger partial charge in [0.2, 0.25) is 5.89 Å². The third kappa shape index (κ3) is 1.80. The molecule has 0 aliphatic carbocycles. The van der Waals surface area contributed by atoms with Gasteiger partial charge in [0.1, 0.15) is 0 Å². The fourth-order valence-corrected chi connectivity index (χ4v) is 3.27. The van der Waals surface area contributed by atoms with Gasteiger partial charge in [0, 0.05) is 0 Å². The van der Waals surface area contributed by atoms with Gasteiger partial charge >= 0.3 is 0 Å². The Morgan fingerprint density at radius 2 is 2.38 bits per heavy atom. The van der Waals surface area contributed by atoms with Crippen molar-refractivity contribution in [2.75, 3.05) is 11.5 Å². The van der Waals surface area contributed by atoms with Crippen LogP contribution < -0.4 is 0 Å². The molecule has 0 amide bonds. The summed E-state index contributed by atoms with van der Waals surface area (Å²) in [5, 5.41) is 6.28. The topological polar surface area (TPSA) is 76.0 Å². The van der Waals surface area contributed by atoms with Gasteiger partial charge in [-0.25, -0.2) is 13.5 Å². The first-order valence-corrected chi connectivity index (χ1v) is 6.06. The van der Waals surface area contributed by atoms with E-state index in [-0.39, 0.29) is 22.3 Å². The molecule has 0 spiro atoms. The second-order valence-corrected chi connectivity index (χ2v) is 5.65. The first-order valence-electron chi connectivity index (χ1n) is 3.83. The van der Waals surface area contributed by atoms with Crippen molar-refractivity contribution < 1.29 is 12.8 Å². The van der Waals surface area contributed by atoms with Gasteiger partial charge in [0.05, 0.1) is 17.4 Å². The quantitative estimate of drug-likeness (QED) is 0.703. The molecule has 1 fully saturated rings. The molecule has 7 heteroatoms. The predicted octanol–water partition coefficient (Wildman–Crippen LogP) is 0.634. The van der Waals surface area contributed by atoms with Gasteiger partial charge in [-0.15, -0.1) is 5.10 Å². The maximum Gasteiger partial charge on any atom is 0.284 e. The van der Waals surface area contributed by atoms with E-state index in [4.69, 9.17) is 16.6 Å². The third-order valence-electron chi connectivity index (χ3n) is 2.04. The molecule has 0 aromatic carbocycles. The first-order chi connectivity index (χ1) is 6.07. The Morgan fingerprint density at radius 1 is 1.62 bits per heavy atom. The lowest BCUT2D eigenvalue weighted by Crippen LogP contribution is -2.03. The van der Waals surface area contributed by atoms with E-state index in [1.165, 1.54) is 0 Å². The molecule has 0 saturated carbocycles. The molecule has 0 bridgehead atoms. The van der Waals surface area contributed by atoms with Crippen LogP contribution in [-0.2, 0) is 9.84 Å². The minimum atomic E-state index is -2.88. The van der Waals surface area contributed by atoms with Crippen molar-refractivity contribution in [3.63, 3.8) is 0 Å². The van der Waals surface area contributed by atoms with Gasteiger partial charge in [0.15, 0.2) is 9.84 Å². The van der Waals surface area contributed by atoms with Gasteiger partial charge in [-0.05, 0) is 18.6 Å². The summed E-state index contributed by atoms with van der Waals surface area (Å²) in [6.07, 6.45) is 0.575. The number of nitrogens with one attached hydrogen (secondary N) is 1. The second-order valence-electron chi connectivity index (χ2n) is 3.05. The molecular formula is C6H8N2O3S2. The fourth-order valence-electron chi connectivity index (χ4n) is 1.41. The largest absolute Gasteiger partial charge is 0.414 e. The number of H-pyrrole nitrogens is 1. The van der Waals surface area contributed by atoms with Crippen molar-refractivity contribution in [1.29, 1.82) is 0 Å². The van der Waals surface area contributed by atoms with E-state index in [1.54, 1.807) is 0 Å². The smallest absolute Gasteiger partial charge is 0.284 e. The Hall–Kier alpha value is -0.690. The molecule has 1 aliphatic heterocycles. The fraction of sp³-hybridized carbons (Fsp3) is 0.667. The standard InChI is InChI=1S/C6H8N2O3S2/c9-13(10)2-1-4(3-13)5-7-8-6(12)11-5/h4H,1-3H2,(H,8,12)/t4-/m0/s1. The monoisotopic (exact) mass is 220 g/mol. The average Bonchev–Trinajstić information content (AvgIpc) is 2.56. The summed E-state index contributed by atoms with van der Waals surface area (Å²) in [4.78, 5) is 0.194. The van der Waals surface area contributed by atoms with E-state index < -0.39 is 9.84 Å². The number of hydrogen-bond donors (Lipinski definition) is 1. The molecular weight excluding hydrogens is 212 g/mol. The highest BCUT2D eigenvalue weighted by molar-refractivity contribution is 7.91. The maximum absolute atomic E-state index is 11.1. The van der Waals surface area contributed by atoms with Crippen molar-refractivity contribution >= 4 is 22.1 Å². The molecule has 5 nitrogen and oxygen atoms in total. The number of aromatic nitrogens is 2. The van der Waals surface area contributed by atoms with E-state index in [9.17, 15) is 8.42 Å². The van der Waals surface area contributed by atoms with Crippen LogP contribution in [0.25, 0.3) is 0 Å². The zero-order chi connectivity index (χ0) is 9.47. The average molecular weight is 220 g/mol. The van der Waals surface area contributed by atoms with Crippen LogP contribution in [-0.4, -0.2) is 30.1 Å². The summed E-state index contributed by atoms with van der Waals surface area (Å²) >= 11 is 4.69. The summed E-state index contributed by atoms with van der Waals surface area (Å²) in [5.74, 6) is 0.618. The van der Waals surface area contributed by atoms with E-state index in [0.29, 0.717) is 12.3 Å². The van der Waals surface area contributed by atoms with E-state index in [1.807, 2.05) is 0 Å². The Bertz CT molecular complexity index is 458. The molecule has 0 radical (unpaired) electrons. The molecule has 1 aromatic heterocycles. The van der Waals surface area contributed by atoms with E-state index >= 15 is 0 Å². The highest BCUT2D eigenvalue weighted by Crippen LogP contribution is 2.27. The van der Waals surface area contributed by atoms with Crippen LogP contribution in [0.4, 0.5) is 0 Å². The second kappa shape index (κ2) is 2.91. The normalized spacial score (nSPS) is 26.3. The summed E-state index contributed by atoms with van der Waals surface area (Å²) in [6, 6.07) is 0. The number of nitrogens with zero attached hydrogens (tertiary/aromatic N) is 1. The van der Waals surface area contributed by atoms with Gasteiger partial charge in [-0.2, -0.15) is 0 Å². The molecule has 1 aliphatic rings. The number of hydrogen-bond acceptors (Lipinski definition) is 5. The Labute approximate surface area is 80.1 Å². The predicted molar refractivity (Wildman–Crippen MR) is 47.7 cm³/mol. The summed E-state index contributed by atoms with van der Waals surface area (Å²) in [6.45, 7) is 0. The van der Waals surface area contributed by atoms with Gasteiger partial charge in [0.25, 0.3) is 4.84 Å². The summed E-state index contributed by atoms with van der Waals surface area (Å²) in [7, 11) is -2.88. The Morgan fingerprint density at radius 3 is 2.85 bits per heavy atom. The van der Waals surface area contributed by atoms with E-state index in [0.717, 1.165) is 0 Å². The zero-order valence-corrected chi connectivity index (χ0v) is 8.32. The van der Waals surface area contributed by atoms with E-state index in [2.05, 4.69) is 10.2 Å². The number of rotatable bonds is 1. The first kappa shape index (κ1) is 8.89. The van der Waals surface area contributed by atoms with Gasteiger partial charge < -0.3 is 4.42 Å². The minimum absolute atomic E-state index is 0.121. The van der Waals surface area contributed by atoms with Crippen molar-refractivity contribution in [3.05, 3.63) is 10.7 Å². The van der Waals surface area contributed by atoms with Crippen LogP contribution in [0.1, 0.15) is 18.2 Å². The number of sulfone groups is 1. The Kier molecular flexibility index (Phi) is 1.99. The van der Waals surface area contributed by atoms with Gasteiger partial charge in [-0.3, -0.25) is 0 Å². The van der Waals surface area contributed by atoms with Crippen LogP contribution in [0.2, 0.25) is 0 Å². The minimum Gasteiger partial charge on any atom is -0.414 e. The molecule has 1 aromatic rings. The highest BCUT2D eigenvalue weighted by Gasteiger charge is 2.32. The van der Waals surface area contributed by atoms with Crippen molar-refractivity contribution in [2.45, 2.75) is 12.3 Å². The maximum atomic E-state index is 11.1. The third-order valence-corrected chi connectivity index (χ3v) is 3.98. The number of aromatic amines is 1. The molecule has 1 N–H and O–H groups in total. The molecule has 2 heterocycles. The molecule has 13 heavy (non-hydrogen) atoms. The zero-order valence-electron chi connectivity index (χ0n) is 6.69. The summed E-state index contributed by atoms with van der Waals surface area (Å²) in [5.41, 5.74) is 0. The SMILES string of the molecule is O=S1(=O)CC[C@H](c2n[nH]c(=S)o2)C1. The lowest BCUT2D eigenvalue weighted by Gasteiger charge is -1.97. The van der Waals surface area contributed by atoms with Crippen LogP contribution in [0.15, 0.2) is 4.42 Å². The molecule has 2 rings (SSSR count). The van der Waals surface area contributed by atoms with Crippen LogP contribution in [0, 0.1) is 4.84 Å². The van der Waals surface area contributed by atoms with Crippen molar-refractivity contribution in [1.82, 2.24) is 10.2 Å². The lowest BCUT2D eigenvalue weighted by molar-refractivity contribution is 0.450. The molecule has 1 atom stereocenters. The van der Waals surface area contributed by atoms with Crippen LogP contribution in [0.3, 0.4) is 0 Å². The Balaban J connectivity index is 2.26. The molecule has 1 saturated heterocycles. The van der Waals surface area contributed by atoms with Crippen molar-refractivity contribution in [2.24, 2.45) is 0 Å².